The lowest BCUT2D eigenvalue weighted by molar-refractivity contribution is 0.367. The molecule has 2 nitrogen and oxygen atoms in total. The van der Waals surface area contributed by atoms with Crippen LogP contribution < -0.4 is 4.74 Å². The summed E-state index contributed by atoms with van der Waals surface area (Å²) in [4.78, 5) is 0. The van der Waals surface area contributed by atoms with Gasteiger partial charge in [0.15, 0.2) is 0 Å². The number of hydrogen-bond donors (Lipinski definition) is 0. The van der Waals surface area contributed by atoms with Gasteiger partial charge in [0.25, 0.3) is 0 Å². The molecule has 0 unspecified atom stereocenters. The average molecular weight is 175 g/mol. The second-order valence-corrected chi connectivity index (χ2v) is 2.25. The number of benzene rings is 1. The number of hydrogen-bond acceptors (Lipinski definition) is 2. The summed E-state index contributed by atoms with van der Waals surface area (Å²) in [6.45, 7) is 0.0259. The zero-order chi connectivity index (χ0) is 9.68. The van der Waals surface area contributed by atoms with Gasteiger partial charge in [-0.3, -0.25) is 0 Å². The predicted octanol–water partition coefficient (Wildman–Crippen LogP) is 1.71. The third-order valence-electron chi connectivity index (χ3n) is 1.38. The van der Waals surface area contributed by atoms with Crippen molar-refractivity contribution in [2.24, 2.45) is 0 Å². The summed E-state index contributed by atoms with van der Waals surface area (Å²) in [5.74, 6) is 1.96. The Morgan fingerprint density at radius 3 is 2.92 bits per heavy atom. The van der Waals surface area contributed by atoms with Gasteiger partial charge in [-0.25, -0.2) is 4.39 Å². The first-order valence-corrected chi connectivity index (χ1v) is 3.54. The topological polar surface area (TPSA) is 33.0 Å². The summed E-state index contributed by atoms with van der Waals surface area (Å²) in [6.07, 6.45) is 4.95. The minimum Gasteiger partial charge on any atom is -0.479 e. The van der Waals surface area contributed by atoms with Crippen LogP contribution in [0.5, 0.6) is 5.75 Å². The van der Waals surface area contributed by atoms with E-state index in [0.717, 1.165) is 6.07 Å². The van der Waals surface area contributed by atoms with E-state index in [-0.39, 0.29) is 17.9 Å². The van der Waals surface area contributed by atoms with E-state index in [1.165, 1.54) is 12.1 Å². The average Bonchev–Trinajstić information content (AvgIpc) is 2.15. The maximum atomic E-state index is 12.7. The van der Waals surface area contributed by atoms with Gasteiger partial charge in [-0.2, -0.15) is 5.26 Å². The zero-order valence-corrected chi connectivity index (χ0v) is 6.75. The first kappa shape index (κ1) is 9.09. The number of halogens is 1. The van der Waals surface area contributed by atoms with Crippen LogP contribution in [-0.2, 0) is 0 Å². The van der Waals surface area contributed by atoms with Crippen molar-refractivity contribution in [1.82, 2.24) is 0 Å². The molecule has 3 heteroatoms. The highest BCUT2D eigenvalue weighted by molar-refractivity contribution is 5.43. The molecule has 0 saturated heterocycles. The van der Waals surface area contributed by atoms with Crippen molar-refractivity contribution < 1.29 is 9.13 Å². The van der Waals surface area contributed by atoms with Crippen LogP contribution in [0.3, 0.4) is 0 Å². The standard InChI is InChI=1S/C10H6FNO/c1-2-5-13-10-6-9(11)4-3-8(10)7-12/h1,3-4,6H,5H2. The summed E-state index contributed by atoms with van der Waals surface area (Å²) < 4.78 is 17.6. The van der Waals surface area contributed by atoms with Gasteiger partial charge < -0.3 is 4.74 Å². The van der Waals surface area contributed by atoms with Gasteiger partial charge in [0.2, 0.25) is 0 Å². The molecule has 0 saturated carbocycles. The van der Waals surface area contributed by atoms with E-state index in [0.29, 0.717) is 0 Å². The highest BCUT2D eigenvalue weighted by atomic mass is 19.1. The van der Waals surface area contributed by atoms with Crippen molar-refractivity contribution in [3.63, 3.8) is 0 Å². The molecular formula is C10H6FNO. The van der Waals surface area contributed by atoms with Gasteiger partial charge in [0.1, 0.15) is 24.2 Å². The first-order chi connectivity index (χ1) is 6.27. The Kier molecular flexibility index (Phi) is 2.89. The van der Waals surface area contributed by atoms with E-state index >= 15 is 0 Å². The minimum absolute atomic E-state index is 0.0259. The van der Waals surface area contributed by atoms with Crippen molar-refractivity contribution in [2.75, 3.05) is 6.61 Å². The summed E-state index contributed by atoms with van der Waals surface area (Å²) in [7, 11) is 0. The van der Waals surface area contributed by atoms with Crippen molar-refractivity contribution in [3.8, 4) is 24.2 Å². The predicted molar refractivity (Wildman–Crippen MR) is 45.4 cm³/mol. The van der Waals surface area contributed by atoms with Crippen molar-refractivity contribution in [2.45, 2.75) is 0 Å². The van der Waals surface area contributed by atoms with Gasteiger partial charge >= 0.3 is 0 Å². The molecule has 1 aromatic rings. The molecule has 0 heterocycles. The highest BCUT2D eigenvalue weighted by Gasteiger charge is 2.03. The Morgan fingerprint density at radius 1 is 1.54 bits per heavy atom. The number of ether oxygens (including phenoxy) is 1. The zero-order valence-electron chi connectivity index (χ0n) is 6.75. The van der Waals surface area contributed by atoms with Crippen molar-refractivity contribution in [3.05, 3.63) is 29.6 Å². The lowest BCUT2D eigenvalue weighted by Gasteiger charge is -2.03. The second-order valence-electron chi connectivity index (χ2n) is 2.25. The molecule has 0 fully saturated rings. The quantitative estimate of drug-likeness (QED) is 0.641. The van der Waals surface area contributed by atoms with Gasteiger partial charge in [-0.15, -0.1) is 6.42 Å². The van der Waals surface area contributed by atoms with Crippen LogP contribution in [0, 0.1) is 29.5 Å². The molecule has 0 aromatic heterocycles. The molecule has 0 amide bonds. The van der Waals surface area contributed by atoms with E-state index in [1.54, 1.807) is 0 Å². The summed E-state index contributed by atoms with van der Waals surface area (Å²) >= 11 is 0. The Labute approximate surface area is 75.6 Å². The Morgan fingerprint density at radius 2 is 2.31 bits per heavy atom. The summed E-state index contributed by atoms with van der Waals surface area (Å²) in [5, 5.41) is 8.60. The normalized spacial score (nSPS) is 8.54. The molecule has 0 radical (unpaired) electrons. The maximum absolute atomic E-state index is 12.7. The van der Waals surface area contributed by atoms with Crippen LogP contribution in [0.15, 0.2) is 18.2 Å². The fourth-order valence-corrected chi connectivity index (χ4v) is 0.827. The van der Waals surface area contributed by atoms with Crippen LogP contribution in [0.1, 0.15) is 5.56 Å². The van der Waals surface area contributed by atoms with Crippen LogP contribution in [0.25, 0.3) is 0 Å². The second kappa shape index (κ2) is 4.13. The van der Waals surface area contributed by atoms with E-state index in [2.05, 4.69) is 5.92 Å². The van der Waals surface area contributed by atoms with Crippen molar-refractivity contribution >= 4 is 0 Å². The lowest BCUT2D eigenvalue weighted by atomic mass is 10.2. The molecule has 0 aliphatic carbocycles. The van der Waals surface area contributed by atoms with Crippen LogP contribution in [0.2, 0.25) is 0 Å². The number of terminal acetylenes is 1. The lowest BCUT2D eigenvalue weighted by Crippen LogP contribution is -1.96. The van der Waals surface area contributed by atoms with Crippen molar-refractivity contribution in [1.29, 1.82) is 5.26 Å². The molecule has 1 rings (SSSR count). The maximum Gasteiger partial charge on any atom is 0.148 e. The Hall–Kier alpha value is -2.00. The SMILES string of the molecule is C#CCOc1cc(F)ccc1C#N. The molecular weight excluding hydrogens is 169 g/mol. The van der Waals surface area contributed by atoms with E-state index < -0.39 is 5.82 Å². The van der Waals surface area contributed by atoms with E-state index in [1.807, 2.05) is 6.07 Å². The molecule has 0 N–H and O–H groups in total. The molecule has 0 spiro atoms. The number of nitriles is 1. The molecule has 1 aromatic carbocycles. The molecule has 64 valence electrons. The third-order valence-corrected chi connectivity index (χ3v) is 1.38. The van der Waals surface area contributed by atoms with Gasteiger partial charge in [0.05, 0.1) is 5.56 Å². The van der Waals surface area contributed by atoms with Gasteiger partial charge in [-0.05, 0) is 12.1 Å². The fraction of sp³-hybridized carbons (Fsp3) is 0.100. The fourth-order valence-electron chi connectivity index (χ4n) is 0.827. The number of nitrogens with zero attached hydrogens (tertiary/aromatic N) is 1. The Bertz CT molecular complexity index is 387. The molecule has 0 aliphatic heterocycles. The van der Waals surface area contributed by atoms with Gasteiger partial charge in [-0.1, -0.05) is 5.92 Å². The van der Waals surface area contributed by atoms with Crippen LogP contribution in [0.4, 0.5) is 4.39 Å². The van der Waals surface area contributed by atoms with E-state index in [4.69, 9.17) is 16.4 Å². The monoisotopic (exact) mass is 175 g/mol. The molecule has 0 aliphatic rings. The third kappa shape index (κ3) is 2.21. The first-order valence-electron chi connectivity index (χ1n) is 3.54. The summed E-state index contributed by atoms with van der Waals surface area (Å²) in [5.41, 5.74) is 0.275. The molecule has 0 atom stereocenters. The highest BCUT2D eigenvalue weighted by Crippen LogP contribution is 2.18. The summed E-state index contributed by atoms with van der Waals surface area (Å²) in [6, 6.07) is 5.55. The van der Waals surface area contributed by atoms with E-state index in [9.17, 15) is 4.39 Å². The Balaban J connectivity index is 2.97. The largest absolute Gasteiger partial charge is 0.479 e. The molecule has 13 heavy (non-hydrogen) atoms. The number of rotatable bonds is 2. The molecule has 0 bridgehead atoms. The minimum atomic E-state index is -0.453. The van der Waals surface area contributed by atoms with Gasteiger partial charge in [0, 0.05) is 6.07 Å². The smallest absolute Gasteiger partial charge is 0.148 e. The van der Waals surface area contributed by atoms with Crippen LogP contribution >= 0.6 is 0 Å². The van der Waals surface area contributed by atoms with Crippen LogP contribution in [-0.4, -0.2) is 6.61 Å².